The first-order valence-electron chi connectivity index (χ1n) is 6.78. The van der Waals surface area contributed by atoms with E-state index in [1.54, 1.807) is 0 Å². The molecule has 1 saturated heterocycles. The highest BCUT2D eigenvalue weighted by Crippen LogP contribution is 2.18. The lowest BCUT2D eigenvalue weighted by atomic mass is 10.3. The van der Waals surface area contributed by atoms with E-state index in [0.29, 0.717) is 6.04 Å². The summed E-state index contributed by atoms with van der Waals surface area (Å²) < 4.78 is 2.95. The van der Waals surface area contributed by atoms with Gasteiger partial charge in [0.05, 0.1) is 11.4 Å². The number of hydrogen-bond acceptors (Lipinski definition) is 4. The second kappa shape index (κ2) is 5.63. The highest BCUT2D eigenvalue weighted by atomic mass is 79.9. The molecule has 20 heavy (non-hydrogen) atoms. The van der Waals surface area contributed by atoms with E-state index in [1.807, 2.05) is 28.9 Å². The number of nitrogens with zero attached hydrogens (tertiary/aromatic N) is 4. The maximum Gasteiger partial charge on any atom is 0.100 e. The van der Waals surface area contributed by atoms with Gasteiger partial charge in [-0.25, -0.2) is 4.68 Å². The summed E-state index contributed by atoms with van der Waals surface area (Å²) in [4.78, 5) is 2.34. The van der Waals surface area contributed by atoms with Gasteiger partial charge in [0.2, 0.25) is 0 Å². The molecule has 0 aliphatic carbocycles. The molecule has 1 fully saturated rings. The predicted molar refractivity (Wildman–Crippen MR) is 81.7 cm³/mol. The molecule has 2 N–H and O–H groups in total. The molecule has 0 radical (unpaired) electrons. The third-order valence-corrected chi connectivity index (χ3v) is 4.27. The number of aromatic nitrogens is 3. The first kappa shape index (κ1) is 13.7. The van der Waals surface area contributed by atoms with E-state index in [2.05, 4.69) is 38.1 Å². The monoisotopic (exact) mass is 335 g/mol. The third kappa shape index (κ3) is 2.77. The second-order valence-electron chi connectivity index (χ2n) is 5.29. The highest BCUT2D eigenvalue weighted by Gasteiger charge is 2.21. The van der Waals surface area contributed by atoms with Gasteiger partial charge in [-0.1, -0.05) is 21.1 Å². The van der Waals surface area contributed by atoms with Gasteiger partial charge in [-0.05, 0) is 37.6 Å². The van der Waals surface area contributed by atoms with Crippen molar-refractivity contribution in [2.45, 2.75) is 25.9 Å². The zero-order valence-electron chi connectivity index (χ0n) is 11.5. The Morgan fingerprint density at radius 2 is 2.10 bits per heavy atom. The number of likely N-dealkylation sites (tertiary alicyclic amines) is 1. The summed E-state index contributed by atoms with van der Waals surface area (Å²) in [5.41, 5.74) is 9.09. The molecule has 0 bridgehead atoms. The first-order valence-corrected chi connectivity index (χ1v) is 7.58. The Hall–Kier alpha value is -1.24. The fourth-order valence-corrected chi connectivity index (χ4v) is 2.82. The Labute approximate surface area is 126 Å². The quantitative estimate of drug-likeness (QED) is 0.930. The zero-order chi connectivity index (χ0) is 14.1. The van der Waals surface area contributed by atoms with Crippen molar-refractivity contribution in [2.24, 2.45) is 5.73 Å². The van der Waals surface area contributed by atoms with Crippen LogP contribution in [0.4, 0.5) is 0 Å². The van der Waals surface area contributed by atoms with Crippen LogP contribution in [0.15, 0.2) is 28.7 Å². The zero-order valence-corrected chi connectivity index (χ0v) is 13.0. The minimum atomic E-state index is 0.303. The molecule has 1 aliphatic rings. The molecule has 1 aromatic carbocycles. The SMILES string of the molecule is Cc1c(CN2CCC(N)C2)nnn1-c1ccc(Br)cc1. The van der Waals surface area contributed by atoms with Crippen molar-refractivity contribution in [3.05, 3.63) is 40.1 Å². The molecule has 106 valence electrons. The van der Waals surface area contributed by atoms with Gasteiger partial charge < -0.3 is 5.73 Å². The average Bonchev–Trinajstić information content (AvgIpc) is 2.99. The van der Waals surface area contributed by atoms with E-state index in [4.69, 9.17) is 5.73 Å². The third-order valence-electron chi connectivity index (χ3n) is 3.74. The predicted octanol–water partition coefficient (Wildman–Crippen LogP) is 1.87. The molecule has 6 heteroatoms. The minimum absolute atomic E-state index is 0.303. The lowest BCUT2D eigenvalue weighted by molar-refractivity contribution is 0.322. The molecule has 1 aliphatic heterocycles. The summed E-state index contributed by atoms with van der Waals surface area (Å²) in [7, 11) is 0. The molecule has 1 atom stereocenters. The van der Waals surface area contributed by atoms with E-state index in [1.165, 1.54) is 0 Å². The van der Waals surface area contributed by atoms with E-state index in [-0.39, 0.29) is 0 Å². The van der Waals surface area contributed by atoms with Crippen LogP contribution in [0, 0.1) is 6.92 Å². The van der Waals surface area contributed by atoms with Crippen LogP contribution in [0.3, 0.4) is 0 Å². The fourth-order valence-electron chi connectivity index (χ4n) is 2.55. The largest absolute Gasteiger partial charge is 0.326 e. The number of nitrogens with two attached hydrogens (primary N) is 1. The summed E-state index contributed by atoms with van der Waals surface area (Å²) >= 11 is 3.44. The van der Waals surface area contributed by atoms with Crippen LogP contribution in [-0.4, -0.2) is 39.0 Å². The molecule has 2 heterocycles. The summed E-state index contributed by atoms with van der Waals surface area (Å²) in [6.45, 7) is 4.89. The van der Waals surface area contributed by atoms with Crippen LogP contribution in [-0.2, 0) is 6.54 Å². The van der Waals surface area contributed by atoms with E-state index < -0.39 is 0 Å². The topological polar surface area (TPSA) is 60.0 Å². The van der Waals surface area contributed by atoms with Crippen LogP contribution in [0.2, 0.25) is 0 Å². The van der Waals surface area contributed by atoms with Crippen molar-refractivity contribution in [1.29, 1.82) is 0 Å². The minimum Gasteiger partial charge on any atom is -0.326 e. The van der Waals surface area contributed by atoms with Crippen LogP contribution in [0.1, 0.15) is 17.8 Å². The van der Waals surface area contributed by atoms with Crippen molar-refractivity contribution >= 4 is 15.9 Å². The smallest absolute Gasteiger partial charge is 0.100 e. The van der Waals surface area contributed by atoms with Gasteiger partial charge in [-0.3, -0.25) is 4.90 Å². The van der Waals surface area contributed by atoms with Gasteiger partial charge >= 0.3 is 0 Å². The standard InChI is InChI=1S/C14H18BrN5/c1-10-14(9-19-7-6-12(16)8-19)17-18-20(10)13-4-2-11(15)3-5-13/h2-5,12H,6-9,16H2,1H3. The summed E-state index contributed by atoms with van der Waals surface area (Å²) in [5, 5.41) is 8.59. The number of halogens is 1. The molecule has 1 unspecified atom stereocenters. The Morgan fingerprint density at radius 3 is 2.75 bits per heavy atom. The summed E-state index contributed by atoms with van der Waals surface area (Å²) in [6, 6.07) is 8.38. The highest BCUT2D eigenvalue weighted by molar-refractivity contribution is 9.10. The molecule has 3 rings (SSSR count). The molecular weight excluding hydrogens is 318 g/mol. The lowest BCUT2D eigenvalue weighted by Gasteiger charge is -2.13. The molecule has 0 spiro atoms. The van der Waals surface area contributed by atoms with E-state index in [0.717, 1.165) is 47.6 Å². The van der Waals surface area contributed by atoms with Gasteiger partial charge in [0.1, 0.15) is 5.69 Å². The Balaban J connectivity index is 1.79. The van der Waals surface area contributed by atoms with Gasteiger partial charge in [0.15, 0.2) is 0 Å². The fraction of sp³-hybridized carbons (Fsp3) is 0.429. The summed E-state index contributed by atoms with van der Waals surface area (Å²) in [6.07, 6.45) is 1.07. The van der Waals surface area contributed by atoms with Crippen molar-refractivity contribution in [2.75, 3.05) is 13.1 Å². The Kier molecular flexibility index (Phi) is 3.87. The van der Waals surface area contributed by atoms with Gasteiger partial charge in [-0.15, -0.1) is 5.10 Å². The average molecular weight is 336 g/mol. The molecule has 5 nitrogen and oxygen atoms in total. The van der Waals surface area contributed by atoms with Gasteiger partial charge in [0, 0.05) is 30.1 Å². The van der Waals surface area contributed by atoms with Crippen molar-refractivity contribution < 1.29 is 0 Å². The normalized spacial score (nSPS) is 19.6. The molecule has 2 aromatic rings. The van der Waals surface area contributed by atoms with Crippen LogP contribution in [0.25, 0.3) is 5.69 Å². The molecule has 0 amide bonds. The summed E-state index contributed by atoms with van der Waals surface area (Å²) in [5.74, 6) is 0. The first-order chi connectivity index (χ1) is 9.63. The second-order valence-corrected chi connectivity index (χ2v) is 6.21. The van der Waals surface area contributed by atoms with Crippen LogP contribution < -0.4 is 5.73 Å². The van der Waals surface area contributed by atoms with Crippen molar-refractivity contribution in [1.82, 2.24) is 19.9 Å². The molecule has 1 aromatic heterocycles. The van der Waals surface area contributed by atoms with Gasteiger partial charge in [0.25, 0.3) is 0 Å². The maximum atomic E-state index is 5.94. The molecular formula is C14H18BrN5. The maximum absolute atomic E-state index is 5.94. The molecule has 0 saturated carbocycles. The van der Waals surface area contributed by atoms with Crippen molar-refractivity contribution in [3.8, 4) is 5.69 Å². The van der Waals surface area contributed by atoms with Crippen LogP contribution in [0.5, 0.6) is 0 Å². The number of rotatable bonds is 3. The van der Waals surface area contributed by atoms with E-state index in [9.17, 15) is 0 Å². The lowest BCUT2D eigenvalue weighted by Crippen LogP contribution is -2.26. The van der Waals surface area contributed by atoms with Crippen LogP contribution >= 0.6 is 15.9 Å². The van der Waals surface area contributed by atoms with E-state index >= 15 is 0 Å². The van der Waals surface area contributed by atoms with Crippen molar-refractivity contribution in [3.63, 3.8) is 0 Å². The Bertz CT molecular complexity index is 592. The number of hydrogen-bond donors (Lipinski definition) is 1. The number of benzene rings is 1. The van der Waals surface area contributed by atoms with Gasteiger partial charge in [-0.2, -0.15) is 0 Å². The Morgan fingerprint density at radius 1 is 1.35 bits per heavy atom.